The lowest BCUT2D eigenvalue weighted by Gasteiger charge is -2.21. The smallest absolute Gasteiger partial charge is 0.325 e. The van der Waals surface area contributed by atoms with Crippen LogP contribution in [0.15, 0.2) is 26.1 Å². The number of rotatable bonds is 3. The van der Waals surface area contributed by atoms with Crippen molar-refractivity contribution < 1.29 is 9.21 Å². The van der Waals surface area contributed by atoms with Crippen molar-refractivity contribution in [3.05, 3.63) is 55.7 Å². The Bertz CT molecular complexity index is 851. The number of amides is 1. The van der Waals surface area contributed by atoms with Crippen LogP contribution in [0.4, 0.5) is 0 Å². The van der Waals surface area contributed by atoms with Crippen molar-refractivity contribution in [2.24, 2.45) is 0 Å². The molecule has 2 N–H and O–H groups in total. The summed E-state index contributed by atoms with van der Waals surface area (Å²) < 4.78 is 5.46. The van der Waals surface area contributed by atoms with Crippen LogP contribution in [0.2, 0.25) is 0 Å². The summed E-state index contributed by atoms with van der Waals surface area (Å²) >= 11 is 0. The summed E-state index contributed by atoms with van der Waals surface area (Å²) in [6.07, 6.45) is 0.828. The van der Waals surface area contributed by atoms with E-state index in [-0.39, 0.29) is 5.91 Å². The Hall–Kier alpha value is -2.61. The molecule has 0 spiro atoms. The van der Waals surface area contributed by atoms with Crippen LogP contribution in [0.25, 0.3) is 0 Å². The van der Waals surface area contributed by atoms with Gasteiger partial charge in [0.1, 0.15) is 11.5 Å². The molecule has 0 unspecified atom stereocenters. The number of carbonyl (C=O) groups excluding carboxylic acids is 1. The maximum atomic E-state index is 12.7. The molecule has 1 amide bonds. The molecule has 25 heavy (non-hydrogen) atoms. The van der Waals surface area contributed by atoms with Crippen molar-refractivity contribution in [1.82, 2.24) is 19.8 Å². The number of furan rings is 1. The number of aryl methyl sites for hydroxylation is 2. The van der Waals surface area contributed by atoms with E-state index in [2.05, 4.69) is 14.9 Å². The molecule has 8 nitrogen and oxygen atoms in total. The summed E-state index contributed by atoms with van der Waals surface area (Å²) in [7, 11) is 0. The van der Waals surface area contributed by atoms with Gasteiger partial charge in [0.2, 0.25) is 0 Å². The van der Waals surface area contributed by atoms with E-state index in [1.54, 1.807) is 13.0 Å². The molecule has 8 heteroatoms. The van der Waals surface area contributed by atoms with Gasteiger partial charge >= 0.3 is 5.69 Å². The monoisotopic (exact) mass is 346 g/mol. The van der Waals surface area contributed by atoms with Crippen LogP contribution in [-0.4, -0.2) is 51.9 Å². The molecule has 0 saturated carbocycles. The van der Waals surface area contributed by atoms with E-state index in [1.807, 2.05) is 11.8 Å². The molecule has 1 fully saturated rings. The SMILES string of the molecule is Cc1cc(C(=O)N2CCCN(Cc3cc(=O)[nH]c(=O)[nH]3)CC2)c(C)o1. The van der Waals surface area contributed by atoms with Gasteiger partial charge in [-0.25, -0.2) is 4.79 Å². The van der Waals surface area contributed by atoms with Crippen molar-refractivity contribution >= 4 is 5.91 Å². The Morgan fingerprint density at radius 1 is 1.12 bits per heavy atom. The van der Waals surface area contributed by atoms with Crippen molar-refractivity contribution in [3.8, 4) is 0 Å². The Morgan fingerprint density at radius 2 is 1.92 bits per heavy atom. The van der Waals surface area contributed by atoms with Crippen molar-refractivity contribution in [3.63, 3.8) is 0 Å². The lowest BCUT2D eigenvalue weighted by molar-refractivity contribution is 0.0759. The molecule has 1 aliphatic heterocycles. The van der Waals surface area contributed by atoms with Crippen LogP contribution in [0.1, 0.15) is 34.0 Å². The summed E-state index contributed by atoms with van der Waals surface area (Å²) in [6, 6.07) is 3.17. The predicted molar refractivity (Wildman–Crippen MR) is 91.7 cm³/mol. The van der Waals surface area contributed by atoms with Gasteiger partial charge < -0.3 is 14.3 Å². The molecule has 0 atom stereocenters. The van der Waals surface area contributed by atoms with Crippen LogP contribution in [0.5, 0.6) is 0 Å². The Morgan fingerprint density at radius 3 is 2.60 bits per heavy atom. The van der Waals surface area contributed by atoms with E-state index >= 15 is 0 Å². The molecular formula is C17H22N4O4. The number of carbonyl (C=O) groups is 1. The lowest BCUT2D eigenvalue weighted by atomic mass is 10.2. The summed E-state index contributed by atoms with van der Waals surface area (Å²) in [4.78, 5) is 44.2. The molecule has 0 radical (unpaired) electrons. The first kappa shape index (κ1) is 17.2. The van der Waals surface area contributed by atoms with Gasteiger partial charge in [0.25, 0.3) is 11.5 Å². The van der Waals surface area contributed by atoms with Crippen LogP contribution < -0.4 is 11.2 Å². The number of aromatic amines is 2. The van der Waals surface area contributed by atoms with Gasteiger partial charge in [-0.05, 0) is 26.3 Å². The largest absolute Gasteiger partial charge is 0.466 e. The van der Waals surface area contributed by atoms with Crippen LogP contribution in [0.3, 0.4) is 0 Å². The highest BCUT2D eigenvalue weighted by atomic mass is 16.3. The van der Waals surface area contributed by atoms with Gasteiger partial charge in [-0.2, -0.15) is 0 Å². The van der Waals surface area contributed by atoms with Gasteiger partial charge in [0.05, 0.1) is 5.56 Å². The van der Waals surface area contributed by atoms with Gasteiger partial charge in [0.15, 0.2) is 0 Å². The second-order valence-electron chi connectivity index (χ2n) is 6.36. The zero-order valence-electron chi connectivity index (χ0n) is 14.4. The fraction of sp³-hybridized carbons (Fsp3) is 0.471. The number of aromatic nitrogens is 2. The van der Waals surface area contributed by atoms with Crippen LogP contribution >= 0.6 is 0 Å². The molecule has 3 heterocycles. The Kier molecular flexibility index (Phi) is 4.89. The number of hydrogen-bond donors (Lipinski definition) is 2. The number of hydrogen-bond acceptors (Lipinski definition) is 5. The maximum absolute atomic E-state index is 12.7. The Labute approximate surface area is 144 Å². The summed E-state index contributed by atoms with van der Waals surface area (Å²) in [5, 5.41) is 0. The first-order valence-electron chi connectivity index (χ1n) is 8.33. The quantitative estimate of drug-likeness (QED) is 0.848. The minimum atomic E-state index is -0.500. The van der Waals surface area contributed by atoms with Gasteiger partial charge in [-0.3, -0.25) is 19.5 Å². The molecule has 2 aromatic heterocycles. The minimum absolute atomic E-state index is 0.0132. The molecule has 0 aliphatic carbocycles. The second kappa shape index (κ2) is 7.10. The van der Waals surface area contributed by atoms with Crippen molar-refractivity contribution in [2.45, 2.75) is 26.8 Å². The third kappa shape index (κ3) is 4.08. The standard InChI is InChI=1S/C17H22N4O4/c1-11-8-14(12(2)25-11)16(23)21-5-3-4-20(6-7-21)10-13-9-15(22)19-17(24)18-13/h8-9H,3-7,10H2,1-2H3,(H2,18,19,22,24). The van der Waals surface area contributed by atoms with E-state index in [4.69, 9.17) is 4.42 Å². The van der Waals surface area contributed by atoms with E-state index in [0.717, 1.165) is 18.7 Å². The molecule has 1 aliphatic rings. The molecule has 2 aromatic rings. The lowest BCUT2D eigenvalue weighted by Crippen LogP contribution is -2.35. The molecular weight excluding hydrogens is 324 g/mol. The van der Waals surface area contributed by atoms with E-state index < -0.39 is 11.2 Å². The average molecular weight is 346 g/mol. The summed E-state index contributed by atoms with van der Waals surface area (Å²) in [5.41, 5.74) is 0.288. The Balaban J connectivity index is 1.66. The number of nitrogens with one attached hydrogen (secondary N) is 2. The normalized spacial score (nSPS) is 16.0. The van der Waals surface area contributed by atoms with Crippen molar-refractivity contribution in [1.29, 1.82) is 0 Å². The van der Waals surface area contributed by atoms with Gasteiger partial charge in [-0.15, -0.1) is 0 Å². The van der Waals surface area contributed by atoms with E-state index in [1.165, 1.54) is 6.07 Å². The molecule has 0 bridgehead atoms. The highest BCUT2D eigenvalue weighted by molar-refractivity contribution is 5.95. The highest BCUT2D eigenvalue weighted by Crippen LogP contribution is 2.17. The fourth-order valence-corrected chi connectivity index (χ4v) is 3.19. The zero-order chi connectivity index (χ0) is 18.0. The number of nitrogens with zero attached hydrogens (tertiary/aromatic N) is 2. The summed E-state index contributed by atoms with van der Waals surface area (Å²) in [6.45, 7) is 6.84. The number of H-pyrrole nitrogens is 2. The van der Waals surface area contributed by atoms with Gasteiger partial charge in [-0.1, -0.05) is 0 Å². The van der Waals surface area contributed by atoms with Crippen LogP contribution in [-0.2, 0) is 6.54 Å². The molecule has 134 valence electrons. The van der Waals surface area contributed by atoms with Crippen LogP contribution in [0, 0.1) is 13.8 Å². The average Bonchev–Trinajstić information content (AvgIpc) is 2.73. The third-order valence-corrected chi connectivity index (χ3v) is 4.36. The predicted octanol–water partition coefficient (Wildman–Crippen LogP) is 0.621. The van der Waals surface area contributed by atoms with Gasteiger partial charge in [0, 0.05) is 44.5 Å². The first-order chi connectivity index (χ1) is 11.9. The zero-order valence-corrected chi connectivity index (χ0v) is 14.4. The minimum Gasteiger partial charge on any atom is -0.466 e. The van der Waals surface area contributed by atoms with Crippen molar-refractivity contribution in [2.75, 3.05) is 26.2 Å². The topological polar surface area (TPSA) is 102 Å². The fourth-order valence-electron chi connectivity index (χ4n) is 3.19. The first-order valence-corrected chi connectivity index (χ1v) is 8.33. The molecule has 1 saturated heterocycles. The molecule has 3 rings (SSSR count). The third-order valence-electron chi connectivity index (χ3n) is 4.36. The second-order valence-corrected chi connectivity index (χ2v) is 6.36. The van der Waals surface area contributed by atoms with E-state index in [0.29, 0.717) is 43.2 Å². The molecule has 0 aromatic carbocycles. The van der Waals surface area contributed by atoms with E-state index in [9.17, 15) is 14.4 Å². The highest BCUT2D eigenvalue weighted by Gasteiger charge is 2.23. The summed E-state index contributed by atoms with van der Waals surface area (Å²) in [5.74, 6) is 1.36. The maximum Gasteiger partial charge on any atom is 0.325 e.